The van der Waals surface area contributed by atoms with Crippen molar-refractivity contribution in [3.63, 3.8) is 0 Å². The van der Waals surface area contributed by atoms with Gasteiger partial charge in [-0.25, -0.2) is 0 Å². The average Bonchev–Trinajstić information content (AvgIpc) is 2.82. The first-order valence-electron chi connectivity index (χ1n) is 5.70. The fourth-order valence-electron chi connectivity index (χ4n) is 1.64. The summed E-state index contributed by atoms with van der Waals surface area (Å²) >= 11 is 9.21. The Morgan fingerprint density at radius 2 is 2.29 bits per heavy atom. The van der Waals surface area contributed by atoms with E-state index in [9.17, 15) is 4.79 Å². The molecule has 0 atom stereocenters. The number of nitrogens with two attached hydrogens (primary N) is 1. The summed E-state index contributed by atoms with van der Waals surface area (Å²) in [5.74, 6) is -0.221. The molecular formula is C12H11BrClN5O2. The molecule has 0 aliphatic heterocycles. The van der Waals surface area contributed by atoms with Crippen LogP contribution in [0, 0.1) is 0 Å². The topological polar surface area (TPSA) is 106 Å². The zero-order chi connectivity index (χ0) is 15.6. The lowest BCUT2D eigenvalue weighted by Crippen LogP contribution is -2.20. The van der Waals surface area contributed by atoms with E-state index in [2.05, 4.69) is 31.5 Å². The predicted molar refractivity (Wildman–Crippen MR) is 82.8 cm³/mol. The zero-order valence-electron chi connectivity index (χ0n) is 10.8. The maximum absolute atomic E-state index is 12.2. The highest BCUT2D eigenvalue weighted by Gasteiger charge is 2.16. The minimum Gasteiger partial charge on any atom is -0.409 e. The van der Waals surface area contributed by atoms with Gasteiger partial charge in [0, 0.05) is 17.1 Å². The van der Waals surface area contributed by atoms with Crippen LogP contribution >= 0.6 is 27.5 Å². The van der Waals surface area contributed by atoms with E-state index >= 15 is 0 Å². The molecule has 1 aromatic carbocycles. The summed E-state index contributed by atoms with van der Waals surface area (Å²) < 4.78 is 2.10. The Hall–Kier alpha value is -2.06. The number of anilines is 1. The van der Waals surface area contributed by atoms with Gasteiger partial charge in [0.1, 0.15) is 5.82 Å². The molecule has 7 nitrogen and oxygen atoms in total. The monoisotopic (exact) mass is 371 g/mol. The molecule has 2 aromatic rings. The number of carbonyl (C=O) groups excluding carboxylic acids is 1. The van der Waals surface area contributed by atoms with Crippen molar-refractivity contribution in [2.75, 3.05) is 5.32 Å². The molecule has 0 fully saturated rings. The Kier molecular flexibility index (Phi) is 4.49. The number of amidine groups is 1. The summed E-state index contributed by atoms with van der Waals surface area (Å²) in [5, 5.41) is 18.7. The number of hydrogen-bond donors (Lipinski definition) is 3. The maximum atomic E-state index is 12.2. The molecule has 0 radical (unpaired) electrons. The minimum atomic E-state index is -0.389. The van der Waals surface area contributed by atoms with Gasteiger partial charge in [0.05, 0.1) is 16.8 Å². The molecule has 1 amide bonds. The molecule has 1 heterocycles. The Balaban J connectivity index is 2.31. The van der Waals surface area contributed by atoms with Crippen LogP contribution in [0.25, 0.3) is 0 Å². The third kappa shape index (κ3) is 3.17. The molecule has 1 aromatic heterocycles. The SMILES string of the molecule is Cn1ncc(/C(N)=N/O)c1NC(=O)c1ccc(Br)c(Cl)c1. The number of amides is 1. The number of rotatable bonds is 3. The van der Waals surface area contributed by atoms with Crippen LogP contribution in [0.1, 0.15) is 15.9 Å². The lowest BCUT2D eigenvalue weighted by molar-refractivity contribution is 0.102. The van der Waals surface area contributed by atoms with Crippen molar-refractivity contribution in [1.82, 2.24) is 9.78 Å². The highest BCUT2D eigenvalue weighted by molar-refractivity contribution is 9.10. The largest absolute Gasteiger partial charge is 0.409 e. The van der Waals surface area contributed by atoms with Gasteiger partial charge in [0.15, 0.2) is 5.84 Å². The van der Waals surface area contributed by atoms with Crippen molar-refractivity contribution >= 4 is 45.1 Å². The third-order valence-electron chi connectivity index (χ3n) is 2.74. The van der Waals surface area contributed by atoms with Gasteiger partial charge >= 0.3 is 0 Å². The second-order valence-corrected chi connectivity index (χ2v) is 5.36. The molecule has 0 saturated carbocycles. The van der Waals surface area contributed by atoms with Crippen LogP contribution in [-0.4, -0.2) is 26.7 Å². The third-order valence-corrected chi connectivity index (χ3v) is 3.97. The lowest BCUT2D eigenvalue weighted by Gasteiger charge is -2.08. The van der Waals surface area contributed by atoms with Crippen molar-refractivity contribution in [1.29, 1.82) is 0 Å². The van der Waals surface area contributed by atoms with Crippen molar-refractivity contribution in [2.24, 2.45) is 17.9 Å². The number of aromatic nitrogens is 2. The van der Waals surface area contributed by atoms with Crippen LogP contribution in [0.3, 0.4) is 0 Å². The number of halogens is 2. The van der Waals surface area contributed by atoms with E-state index in [-0.39, 0.29) is 11.7 Å². The molecule has 0 unspecified atom stereocenters. The standard InChI is InChI=1S/C12H11BrClN5O2/c1-19-11(7(5-16-19)10(15)18-21)17-12(20)6-2-3-8(13)9(14)4-6/h2-5,21H,1H3,(H2,15,18)(H,17,20). The summed E-state index contributed by atoms with van der Waals surface area (Å²) in [6.07, 6.45) is 1.39. The quantitative estimate of drug-likeness (QED) is 0.332. The molecule has 0 bridgehead atoms. The zero-order valence-corrected chi connectivity index (χ0v) is 13.2. The first kappa shape index (κ1) is 15.3. The summed E-state index contributed by atoms with van der Waals surface area (Å²) in [5.41, 5.74) is 6.22. The first-order valence-corrected chi connectivity index (χ1v) is 6.87. The average molecular weight is 373 g/mol. The highest BCUT2D eigenvalue weighted by atomic mass is 79.9. The van der Waals surface area contributed by atoms with E-state index in [4.69, 9.17) is 22.5 Å². The van der Waals surface area contributed by atoms with Crippen LogP contribution in [0.5, 0.6) is 0 Å². The molecule has 0 saturated heterocycles. The van der Waals surface area contributed by atoms with E-state index < -0.39 is 0 Å². The Labute approximate surface area is 133 Å². The van der Waals surface area contributed by atoms with Crippen molar-refractivity contribution in [3.05, 3.63) is 45.0 Å². The highest BCUT2D eigenvalue weighted by Crippen LogP contribution is 2.24. The van der Waals surface area contributed by atoms with Crippen LogP contribution < -0.4 is 11.1 Å². The smallest absolute Gasteiger partial charge is 0.256 e. The number of carbonyl (C=O) groups is 1. The fourth-order valence-corrected chi connectivity index (χ4v) is 2.07. The van der Waals surface area contributed by atoms with Gasteiger partial charge in [-0.15, -0.1) is 0 Å². The fraction of sp³-hybridized carbons (Fsp3) is 0.0833. The number of aryl methyl sites for hydroxylation is 1. The second-order valence-electron chi connectivity index (χ2n) is 4.10. The van der Waals surface area contributed by atoms with Crippen molar-refractivity contribution < 1.29 is 10.0 Å². The summed E-state index contributed by atoms with van der Waals surface area (Å²) in [7, 11) is 1.62. The normalized spacial score (nSPS) is 11.5. The summed E-state index contributed by atoms with van der Waals surface area (Å²) in [6.45, 7) is 0. The number of nitrogens with one attached hydrogen (secondary N) is 1. The van der Waals surface area contributed by atoms with E-state index in [1.165, 1.54) is 16.9 Å². The molecular weight excluding hydrogens is 362 g/mol. The van der Waals surface area contributed by atoms with Crippen molar-refractivity contribution in [3.8, 4) is 0 Å². The minimum absolute atomic E-state index is 0.146. The molecule has 0 aliphatic rings. The Bertz CT molecular complexity index is 728. The molecule has 0 aliphatic carbocycles. The maximum Gasteiger partial charge on any atom is 0.256 e. The molecule has 21 heavy (non-hydrogen) atoms. The van der Waals surface area contributed by atoms with Gasteiger partial charge in [-0.2, -0.15) is 5.10 Å². The van der Waals surface area contributed by atoms with Gasteiger partial charge < -0.3 is 16.3 Å². The number of hydrogen-bond acceptors (Lipinski definition) is 4. The van der Waals surface area contributed by atoms with Crippen LogP contribution in [0.4, 0.5) is 5.82 Å². The van der Waals surface area contributed by atoms with E-state index in [0.29, 0.717) is 26.4 Å². The van der Waals surface area contributed by atoms with E-state index in [1.807, 2.05) is 0 Å². The van der Waals surface area contributed by atoms with Gasteiger partial charge in [-0.1, -0.05) is 16.8 Å². The number of benzene rings is 1. The second kappa shape index (κ2) is 6.15. The first-order chi connectivity index (χ1) is 9.93. The molecule has 110 valence electrons. The molecule has 0 spiro atoms. The molecule has 9 heteroatoms. The van der Waals surface area contributed by atoms with Crippen LogP contribution in [0.15, 0.2) is 34.0 Å². The Morgan fingerprint density at radius 1 is 1.57 bits per heavy atom. The van der Waals surface area contributed by atoms with Gasteiger partial charge in [0.2, 0.25) is 0 Å². The van der Waals surface area contributed by atoms with Gasteiger partial charge in [-0.3, -0.25) is 9.48 Å². The van der Waals surface area contributed by atoms with Gasteiger partial charge in [0.25, 0.3) is 5.91 Å². The number of nitrogens with zero attached hydrogens (tertiary/aromatic N) is 3. The van der Waals surface area contributed by atoms with Crippen LogP contribution in [0.2, 0.25) is 5.02 Å². The molecule has 4 N–H and O–H groups in total. The van der Waals surface area contributed by atoms with Gasteiger partial charge in [-0.05, 0) is 34.1 Å². The van der Waals surface area contributed by atoms with E-state index in [0.717, 1.165) is 0 Å². The summed E-state index contributed by atoms with van der Waals surface area (Å²) in [4.78, 5) is 12.2. The van der Waals surface area contributed by atoms with E-state index in [1.54, 1.807) is 19.2 Å². The van der Waals surface area contributed by atoms with Crippen LogP contribution in [-0.2, 0) is 7.05 Å². The summed E-state index contributed by atoms with van der Waals surface area (Å²) in [6, 6.07) is 4.82. The van der Waals surface area contributed by atoms with Crippen molar-refractivity contribution in [2.45, 2.75) is 0 Å². The molecule has 2 rings (SSSR count). The predicted octanol–water partition coefficient (Wildman–Crippen LogP) is 2.18. The Morgan fingerprint density at radius 3 is 2.90 bits per heavy atom. The number of oxime groups is 1. The lowest BCUT2D eigenvalue weighted by atomic mass is 10.2.